The fraction of sp³-hybridized carbons (Fsp3) is 0.571. The molecular weight excluding hydrogens is 242 g/mol. The maximum Gasteiger partial charge on any atom is 0.0205 e. The lowest BCUT2D eigenvalue weighted by molar-refractivity contribution is 0.580. The SMILES string of the molecule is NCC(S)CCNCCCNCc1ccccc1. The number of hydrogen-bond donors (Lipinski definition) is 4. The van der Waals surface area contributed by atoms with E-state index in [-0.39, 0.29) is 0 Å². The average molecular weight is 267 g/mol. The van der Waals surface area contributed by atoms with Crippen LogP contribution in [0.4, 0.5) is 0 Å². The van der Waals surface area contributed by atoms with Gasteiger partial charge in [-0.3, -0.25) is 0 Å². The Labute approximate surface area is 116 Å². The highest BCUT2D eigenvalue weighted by molar-refractivity contribution is 7.81. The molecule has 0 saturated carbocycles. The zero-order valence-corrected chi connectivity index (χ0v) is 11.8. The summed E-state index contributed by atoms with van der Waals surface area (Å²) in [4.78, 5) is 0. The smallest absolute Gasteiger partial charge is 0.0205 e. The quantitative estimate of drug-likeness (QED) is 0.383. The van der Waals surface area contributed by atoms with Crippen molar-refractivity contribution in [2.75, 3.05) is 26.2 Å². The third kappa shape index (κ3) is 7.71. The average Bonchev–Trinajstić information content (AvgIpc) is 2.42. The maximum absolute atomic E-state index is 5.49. The van der Waals surface area contributed by atoms with Crippen molar-refractivity contribution >= 4 is 12.6 Å². The monoisotopic (exact) mass is 267 g/mol. The summed E-state index contributed by atoms with van der Waals surface area (Å²) in [7, 11) is 0. The second-order valence-corrected chi connectivity index (χ2v) is 5.17. The number of nitrogens with one attached hydrogen (secondary N) is 2. The lowest BCUT2D eigenvalue weighted by atomic mass is 10.2. The van der Waals surface area contributed by atoms with Crippen LogP contribution in [0.1, 0.15) is 18.4 Å². The largest absolute Gasteiger partial charge is 0.329 e. The topological polar surface area (TPSA) is 50.1 Å². The molecule has 0 aliphatic carbocycles. The van der Waals surface area contributed by atoms with Gasteiger partial charge in [-0.1, -0.05) is 30.3 Å². The van der Waals surface area contributed by atoms with Crippen molar-refractivity contribution in [1.82, 2.24) is 10.6 Å². The normalized spacial score (nSPS) is 12.6. The molecule has 1 rings (SSSR count). The van der Waals surface area contributed by atoms with Crippen LogP contribution in [0.3, 0.4) is 0 Å². The van der Waals surface area contributed by atoms with Gasteiger partial charge in [-0.2, -0.15) is 12.6 Å². The van der Waals surface area contributed by atoms with Gasteiger partial charge in [0.1, 0.15) is 0 Å². The van der Waals surface area contributed by atoms with Crippen molar-refractivity contribution in [3.8, 4) is 0 Å². The van der Waals surface area contributed by atoms with E-state index in [1.807, 2.05) is 6.07 Å². The number of thiol groups is 1. The molecule has 0 bridgehead atoms. The van der Waals surface area contributed by atoms with E-state index in [0.717, 1.165) is 39.0 Å². The molecule has 0 fully saturated rings. The summed E-state index contributed by atoms with van der Waals surface area (Å²) >= 11 is 4.35. The van der Waals surface area contributed by atoms with Crippen LogP contribution in [0.5, 0.6) is 0 Å². The molecule has 1 unspecified atom stereocenters. The molecule has 0 heterocycles. The van der Waals surface area contributed by atoms with Gasteiger partial charge in [-0.05, 0) is 38.0 Å². The highest BCUT2D eigenvalue weighted by Crippen LogP contribution is 1.97. The van der Waals surface area contributed by atoms with Crippen LogP contribution in [0, 0.1) is 0 Å². The van der Waals surface area contributed by atoms with Crippen molar-refractivity contribution in [1.29, 1.82) is 0 Å². The molecule has 4 N–H and O–H groups in total. The van der Waals surface area contributed by atoms with Crippen molar-refractivity contribution in [2.45, 2.75) is 24.6 Å². The molecule has 0 radical (unpaired) electrons. The third-order valence-electron chi connectivity index (χ3n) is 2.81. The van der Waals surface area contributed by atoms with Gasteiger partial charge in [0, 0.05) is 18.3 Å². The molecular formula is C14H25N3S. The highest BCUT2D eigenvalue weighted by atomic mass is 32.1. The zero-order chi connectivity index (χ0) is 13.1. The fourth-order valence-corrected chi connectivity index (χ4v) is 1.81. The lowest BCUT2D eigenvalue weighted by Crippen LogP contribution is -2.25. The Morgan fingerprint density at radius 2 is 1.78 bits per heavy atom. The van der Waals surface area contributed by atoms with Gasteiger partial charge in [0.2, 0.25) is 0 Å². The second kappa shape index (κ2) is 10.4. The molecule has 0 saturated heterocycles. The molecule has 18 heavy (non-hydrogen) atoms. The molecule has 1 aromatic rings. The zero-order valence-electron chi connectivity index (χ0n) is 10.9. The molecule has 102 valence electrons. The van der Waals surface area contributed by atoms with E-state index in [0.29, 0.717) is 11.8 Å². The molecule has 0 aliphatic heterocycles. The van der Waals surface area contributed by atoms with Crippen LogP contribution in [0.2, 0.25) is 0 Å². The van der Waals surface area contributed by atoms with Crippen LogP contribution in [0.15, 0.2) is 30.3 Å². The molecule has 0 amide bonds. The van der Waals surface area contributed by atoms with Gasteiger partial charge in [-0.25, -0.2) is 0 Å². The maximum atomic E-state index is 5.49. The molecule has 4 heteroatoms. The second-order valence-electron chi connectivity index (χ2n) is 4.44. The number of rotatable bonds is 10. The summed E-state index contributed by atoms with van der Waals surface area (Å²) in [6.07, 6.45) is 2.18. The van der Waals surface area contributed by atoms with Crippen molar-refractivity contribution in [3.63, 3.8) is 0 Å². The standard InChI is InChI=1S/C14H25N3S/c15-11-14(18)7-10-16-8-4-9-17-12-13-5-2-1-3-6-13/h1-3,5-6,14,16-18H,4,7-12,15H2. The first-order valence-electron chi connectivity index (χ1n) is 6.66. The summed E-state index contributed by atoms with van der Waals surface area (Å²) < 4.78 is 0. The van der Waals surface area contributed by atoms with Crippen LogP contribution >= 0.6 is 12.6 Å². The Morgan fingerprint density at radius 1 is 1.06 bits per heavy atom. The van der Waals surface area contributed by atoms with Crippen LogP contribution in [-0.4, -0.2) is 31.4 Å². The Balaban J connectivity index is 1.87. The van der Waals surface area contributed by atoms with Crippen LogP contribution in [0.25, 0.3) is 0 Å². The van der Waals surface area contributed by atoms with E-state index < -0.39 is 0 Å². The summed E-state index contributed by atoms with van der Waals surface area (Å²) in [6.45, 7) is 4.70. The predicted molar refractivity (Wildman–Crippen MR) is 82.1 cm³/mol. The third-order valence-corrected chi connectivity index (χ3v) is 3.27. The van der Waals surface area contributed by atoms with Gasteiger partial charge in [0.15, 0.2) is 0 Å². The Hall–Kier alpha value is -0.550. The Morgan fingerprint density at radius 3 is 2.50 bits per heavy atom. The first kappa shape index (κ1) is 15.5. The van der Waals surface area contributed by atoms with Crippen molar-refractivity contribution in [3.05, 3.63) is 35.9 Å². The summed E-state index contributed by atoms with van der Waals surface area (Å²) in [5.74, 6) is 0. The summed E-state index contributed by atoms with van der Waals surface area (Å²) in [5.41, 5.74) is 6.83. The Bertz CT molecular complexity index is 292. The molecule has 3 nitrogen and oxygen atoms in total. The van der Waals surface area contributed by atoms with E-state index >= 15 is 0 Å². The van der Waals surface area contributed by atoms with Crippen molar-refractivity contribution < 1.29 is 0 Å². The van der Waals surface area contributed by atoms with E-state index in [9.17, 15) is 0 Å². The minimum Gasteiger partial charge on any atom is -0.329 e. The summed E-state index contributed by atoms with van der Waals surface area (Å²) in [5, 5.41) is 7.17. The molecule has 1 aromatic carbocycles. The van der Waals surface area contributed by atoms with Gasteiger partial charge in [0.05, 0.1) is 0 Å². The molecule has 1 atom stereocenters. The number of hydrogen-bond acceptors (Lipinski definition) is 4. The molecule has 0 aromatic heterocycles. The van der Waals surface area contributed by atoms with Crippen LogP contribution in [-0.2, 0) is 6.54 Å². The fourth-order valence-electron chi connectivity index (χ4n) is 1.68. The Kier molecular flexibility index (Phi) is 8.94. The van der Waals surface area contributed by atoms with Gasteiger partial charge in [0.25, 0.3) is 0 Å². The van der Waals surface area contributed by atoms with Crippen molar-refractivity contribution in [2.24, 2.45) is 5.73 Å². The first-order chi connectivity index (χ1) is 8.83. The lowest BCUT2D eigenvalue weighted by Gasteiger charge is -2.09. The summed E-state index contributed by atoms with van der Waals surface area (Å²) in [6, 6.07) is 10.5. The minimum absolute atomic E-state index is 0.328. The van der Waals surface area contributed by atoms with Gasteiger partial charge >= 0.3 is 0 Å². The highest BCUT2D eigenvalue weighted by Gasteiger charge is 1.98. The minimum atomic E-state index is 0.328. The van der Waals surface area contributed by atoms with Gasteiger partial charge < -0.3 is 16.4 Å². The van der Waals surface area contributed by atoms with E-state index in [2.05, 4.69) is 47.5 Å². The predicted octanol–water partition coefficient (Wildman–Crippen LogP) is 1.40. The van der Waals surface area contributed by atoms with E-state index in [1.165, 1.54) is 5.56 Å². The van der Waals surface area contributed by atoms with E-state index in [4.69, 9.17) is 5.73 Å². The van der Waals surface area contributed by atoms with Crippen LogP contribution < -0.4 is 16.4 Å². The molecule has 0 aliphatic rings. The number of nitrogens with two attached hydrogens (primary N) is 1. The van der Waals surface area contributed by atoms with E-state index in [1.54, 1.807) is 0 Å². The van der Waals surface area contributed by atoms with Gasteiger partial charge in [-0.15, -0.1) is 0 Å². The number of benzene rings is 1. The first-order valence-corrected chi connectivity index (χ1v) is 7.18. The molecule has 0 spiro atoms.